The Hall–Kier alpha value is -2.28. The fourth-order valence-corrected chi connectivity index (χ4v) is 1.68. The minimum atomic E-state index is -4.74. The van der Waals surface area contributed by atoms with E-state index in [1.165, 1.54) is 30.6 Å². The lowest BCUT2D eigenvalue weighted by molar-refractivity contribution is -0.274. The zero-order valence-corrected chi connectivity index (χ0v) is 10.1. The molecule has 1 aromatic carbocycles. The summed E-state index contributed by atoms with van der Waals surface area (Å²) in [5.74, 6) is -0.354. The molecule has 0 aliphatic heterocycles. The Morgan fingerprint density at radius 2 is 1.80 bits per heavy atom. The standard InChI is InChI=1S/C13H11F3N2O2/c14-13(15,16)20-9-3-1-8(2-4-9)12(19)10-7-18-6-5-11(10)17/h1-7,12,19H,(H2,17,18). The number of anilines is 1. The van der Waals surface area contributed by atoms with Crippen LogP contribution in [0.5, 0.6) is 5.75 Å². The van der Waals surface area contributed by atoms with Crippen molar-refractivity contribution in [1.29, 1.82) is 0 Å². The van der Waals surface area contributed by atoms with E-state index in [0.717, 1.165) is 12.1 Å². The summed E-state index contributed by atoms with van der Waals surface area (Å²) in [5.41, 5.74) is 6.82. The molecule has 0 aliphatic rings. The van der Waals surface area contributed by atoms with Gasteiger partial charge >= 0.3 is 6.36 Å². The van der Waals surface area contributed by atoms with Gasteiger partial charge in [0, 0.05) is 23.6 Å². The normalized spacial score (nSPS) is 13.0. The Bertz CT molecular complexity index is 585. The molecule has 0 aliphatic carbocycles. The second kappa shape index (κ2) is 5.38. The van der Waals surface area contributed by atoms with Gasteiger partial charge in [0.05, 0.1) is 0 Å². The molecule has 0 fully saturated rings. The Morgan fingerprint density at radius 1 is 1.15 bits per heavy atom. The van der Waals surface area contributed by atoms with E-state index in [2.05, 4.69) is 9.72 Å². The van der Waals surface area contributed by atoms with E-state index >= 15 is 0 Å². The first-order valence-electron chi connectivity index (χ1n) is 5.60. The van der Waals surface area contributed by atoms with E-state index in [9.17, 15) is 18.3 Å². The molecule has 0 radical (unpaired) electrons. The van der Waals surface area contributed by atoms with E-state index < -0.39 is 12.5 Å². The lowest BCUT2D eigenvalue weighted by Crippen LogP contribution is -2.17. The zero-order valence-electron chi connectivity index (χ0n) is 10.1. The van der Waals surface area contributed by atoms with Gasteiger partial charge in [-0.3, -0.25) is 4.98 Å². The highest BCUT2D eigenvalue weighted by Gasteiger charge is 2.31. The number of hydrogen-bond acceptors (Lipinski definition) is 4. The maximum atomic E-state index is 12.0. The summed E-state index contributed by atoms with van der Waals surface area (Å²) in [6.45, 7) is 0. The molecule has 0 bridgehead atoms. The molecule has 1 unspecified atom stereocenters. The van der Waals surface area contributed by atoms with Crippen molar-refractivity contribution in [2.75, 3.05) is 5.73 Å². The van der Waals surface area contributed by atoms with Crippen molar-refractivity contribution in [3.8, 4) is 5.75 Å². The fraction of sp³-hybridized carbons (Fsp3) is 0.154. The van der Waals surface area contributed by atoms with Crippen LogP contribution in [0.15, 0.2) is 42.7 Å². The van der Waals surface area contributed by atoms with Gasteiger partial charge < -0.3 is 15.6 Å². The van der Waals surface area contributed by atoms with Crippen molar-refractivity contribution in [3.63, 3.8) is 0 Å². The van der Waals surface area contributed by atoms with Crippen LogP contribution in [0.25, 0.3) is 0 Å². The summed E-state index contributed by atoms with van der Waals surface area (Å²) in [6.07, 6.45) is -2.93. The Morgan fingerprint density at radius 3 is 2.35 bits per heavy atom. The van der Waals surface area contributed by atoms with Crippen LogP contribution in [0, 0.1) is 0 Å². The first-order valence-corrected chi connectivity index (χ1v) is 5.60. The van der Waals surface area contributed by atoms with E-state index in [1.807, 2.05) is 0 Å². The number of ether oxygens (including phenoxy) is 1. The van der Waals surface area contributed by atoms with Crippen molar-refractivity contribution >= 4 is 5.69 Å². The first-order chi connectivity index (χ1) is 9.37. The van der Waals surface area contributed by atoms with Crippen LogP contribution in [-0.2, 0) is 0 Å². The highest BCUT2D eigenvalue weighted by molar-refractivity contribution is 5.49. The monoisotopic (exact) mass is 284 g/mol. The number of hydrogen-bond donors (Lipinski definition) is 2. The molecular formula is C13H11F3N2O2. The van der Waals surface area contributed by atoms with Crippen molar-refractivity contribution < 1.29 is 23.0 Å². The number of alkyl halides is 3. The minimum Gasteiger partial charge on any atom is -0.406 e. The molecule has 1 heterocycles. The Kier molecular flexibility index (Phi) is 3.80. The highest BCUT2D eigenvalue weighted by atomic mass is 19.4. The summed E-state index contributed by atoms with van der Waals surface area (Å²) in [6, 6.07) is 6.44. The average Bonchev–Trinajstić information content (AvgIpc) is 2.37. The molecule has 0 amide bonds. The number of benzene rings is 1. The zero-order chi connectivity index (χ0) is 14.8. The minimum absolute atomic E-state index is 0.350. The summed E-state index contributed by atoms with van der Waals surface area (Å²) < 4.78 is 39.8. The van der Waals surface area contributed by atoms with Gasteiger partial charge in [-0.1, -0.05) is 12.1 Å². The van der Waals surface area contributed by atoms with Gasteiger partial charge in [0.25, 0.3) is 0 Å². The van der Waals surface area contributed by atoms with Crippen molar-refractivity contribution in [2.45, 2.75) is 12.5 Å². The van der Waals surface area contributed by atoms with Gasteiger partial charge in [-0.05, 0) is 23.8 Å². The topological polar surface area (TPSA) is 68.4 Å². The lowest BCUT2D eigenvalue weighted by Gasteiger charge is -2.14. The van der Waals surface area contributed by atoms with E-state index in [1.54, 1.807) is 0 Å². The third-order valence-electron chi connectivity index (χ3n) is 2.61. The predicted octanol–water partition coefficient (Wildman–Crippen LogP) is 2.64. The molecule has 0 saturated heterocycles. The Labute approximate surface area is 112 Å². The molecule has 1 atom stereocenters. The molecule has 20 heavy (non-hydrogen) atoms. The van der Waals surface area contributed by atoms with Crippen LogP contribution >= 0.6 is 0 Å². The fourth-order valence-electron chi connectivity index (χ4n) is 1.68. The molecule has 106 valence electrons. The van der Waals surface area contributed by atoms with Crippen LogP contribution in [-0.4, -0.2) is 16.5 Å². The van der Waals surface area contributed by atoms with Gasteiger partial charge in [0.2, 0.25) is 0 Å². The van der Waals surface area contributed by atoms with Crippen LogP contribution in [0.1, 0.15) is 17.2 Å². The molecule has 4 nitrogen and oxygen atoms in total. The maximum absolute atomic E-state index is 12.0. The van der Waals surface area contributed by atoms with Crippen molar-refractivity contribution in [3.05, 3.63) is 53.9 Å². The smallest absolute Gasteiger partial charge is 0.406 e. The number of aliphatic hydroxyl groups is 1. The van der Waals surface area contributed by atoms with Gasteiger partial charge in [-0.2, -0.15) is 0 Å². The van der Waals surface area contributed by atoms with Crippen molar-refractivity contribution in [1.82, 2.24) is 4.98 Å². The Balaban J connectivity index is 2.20. The van der Waals surface area contributed by atoms with Gasteiger partial charge in [0.1, 0.15) is 11.9 Å². The average molecular weight is 284 g/mol. The van der Waals surface area contributed by atoms with E-state index in [4.69, 9.17) is 5.73 Å². The van der Waals surface area contributed by atoms with E-state index in [-0.39, 0.29) is 5.75 Å². The van der Waals surface area contributed by atoms with Crippen LogP contribution < -0.4 is 10.5 Å². The number of nitrogen functional groups attached to an aromatic ring is 1. The summed E-state index contributed by atoms with van der Waals surface area (Å²) in [7, 11) is 0. The number of rotatable bonds is 3. The molecular weight excluding hydrogens is 273 g/mol. The van der Waals surface area contributed by atoms with Crippen molar-refractivity contribution in [2.24, 2.45) is 0 Å². The molecule has 2 aromatic rings. The second-order valence-electron chi connectivity index (χ2n) is 4.02. The largest absolute Gasteiger partial charge is 0.573 e. The molecule has 0 saturated carbocycles. The number of halogens is 3. The van der Waals surface area contributed by atoms with Crippen LogP contribution in [0.3, 0.4) is 0 Å². The summed E-state index contributed by atoms with van der Waals surface area (Å²) in [5, 5.41) is 10.1. The third-order valence-corrected chi connectivity index (χ3v) is 2.61. The van der Waals surface area contributed by atoms with E-state index in [0.29, 0.717) is 16.8 Å². The molecule has 1 aromatic heterocycles. The molecule has 3 N–H and O–H groups in total. The molecule has 0 spiro atoms. The predicted molar refractivity (Wildman–Crippen MR) is 65.8 cm³/mol. The van der Waals surface area contributed by atoms with Gasteiger partial charge in [-0.15, -0.1) is 13.2 Å². The first kappa shape index (κ1) is 14.1. The summed E-state index contributed by atoms with van der Waals surface area (Å²) >= 11 is 0. The highest BCUT2D eigenvalue weighted by Crippen LogP contribution is 2.28. The quantitative estimate of drug-likeness (QED) is 0.909. The van der Waals surface area contributed by atoms with Gasteiger partial charge in [-0.25, -0.2) is 0 Å². The van der Waals surface area contributed by atoms with Crippen LogP contribution in [0.4, 0.5) is 18.9 Å². The number of pyridine rings is 1. The molecule has 2 rings (SSSR count). The number of nitrogens with two attached hydrogens (primary N) is 1. The number of nitrogens with zero attached hydrogens (tertiary/aromatic N) is 1. The van der Waals surface area contributed by atoms with Crippen LogP contribution in [0.2, 0.25) is 0 Å². The van der Waals surface area contributed by atoms with Gasteiger partial charge in [0.15, 0.2) is 0 Å². The third kappa shape index (κ3) is 3.39. The maximum Gasteiger partial charge on any atom is 0.573 e. The summed E-state index contributed by atoms with van der Waals surface area (Å²) in [4.78, 5) is 3.84. The lowest BCUT2D eigenvalue weighted by atomic mass is 10.0. The second-order valence-corrected chi connectivity index (χ2v) is 4.02. The SMILES string of the molecule is Nc1ccncc1C(O)c1ccc(OC(F)(F)F)cc1. The number of aliphatic hydroxyl groups excluding tert-OH is 1. The molecule has 7 heteroatoms. The number of aromatic nitrogens is 1.